The first-order valence-electron chi connectivity index (χ1n) is 7.05. The molecule has 0 aromatic heterocycles. The Morgan fingerprint density at radius 3 is 2.27 bits per heavy atom. The minimum absolute atomic E-state index is 0.333. The monoisotopic (exact) mass is 299 g/mol. The van der Waals surface area contributed by atoms with Crippen molar-refractivity contribution < 1.29 is 14.3 Å². The van der Waals surface area contributed by atoms with Crippen molar-refractivity contribution in [2.75, 3.05) is 28.3 Å². The quantitative estimate of drug-likeness (QED) is 0.795. The second-order valence-corrected chi connectivity index (χ2v) is 5.34. The predicted octanol–water partition coefficient (Wildman–Crippen LogP) is 3.21. The van der Waals surface area contributed by atoms with E-state index >= 15 is 0 Å². The number of rotatable bonds is 5. The molecule has 0 bridgehead atoms. The number of esters is 1. The molecule has 0 spiro atoms. The van der Waals surface area contributed by atoms with Gasteiger partial charge in [0.05, 0.1) is 19.8 Å². The smallest absolute Gasteiger partial charge is 0.337 e. The van der Waals surface area contributed by atoms with Crippen LogP contribution in [0.3, 0.4) is 0 Å². The zero-order valence-electron chi connectivity index (χ0n) is 13.4. The van der Waals surface area contributed by atoms with E-state index in [0.717, 1.165) is 23.4 Å². The van der Waals surface area contributed by atoms with Gasteiger partial charge in [0.15, 0.2) is 0 Å². The second-order valence-electron chi connectivity index (χ2n) is 5.34. The Morgan fingerprint density at radius 1 is 1.05 bits per heavy atom. The minimum atomic E-state index is -0.333. The third-order valence-corrected chi connectivity index (χ3v) is 3.38. The van der Waals surface area contributed by atoms with Gasteiger partial charge in [-0.05, 0) is 43.4 Å². The molecule has 2 aromatic rings. The van der Waals surface area contributed by atoms with Crippen molar-refractivity contribution in [2.24, 2.45) is 0 Å². The lowest BCUT2D eigenvalue weighted by Crippen LogP contribution is -2.10. The SMILES string of the molecule is COC(=O)c1ccc(-c2ccc(CN(C)C)cc2OC)cc1. The molecule has 0 radical (unpaired) electrons. The van der Waals surface area contributed by atoms with E-state index in [0.29, 0.717) is 5.56 Å². The highest BCUT2D eigenvalue weighted by Gasteiger charge is 2.10. The van der Waals surface area contributed by atoms with Gasteiger partial charge in [0.2, 0.25) is 0 Å². The van der Waals surface area contributed by atoms with Crippen LogP contribution >= 0.6 is 0 Å². The maximum Gasteiger partial charge on any atom is 0.337 e. The molecule has 0 fully saturated rings. The molecule has 116 valence electrons. The van der Waals surface area contributed by atoms with Gasteiger partial charge in [0, 0.05) is 12.1 Å². The molecule has 0 atom stereocenters. The summed E-state index contributed by atoms with van der Waals surface area (Å²) in [6.45, 7) is 0.859. The van der Waals surface area contributed by atoms with E-state index in [-0.39, 0.29) is 5.97 Å². The minimum Gasteiger partial charge on any atom is -0.496 e. The molecule has 4 heteroatoms. The molecule has 2 rings (SSSR count). The third kappa shape index (κ3) is 3.65. The van der Waals surface area contributed by atoms with Crippen LogP contribution in [0, 0.1) is 0 Å². The Labute approximate surface area is 131 Å². The Kier molecular flexibility index (Phi) is 5.17. The fourth-order valence-corrected chi connectivity index (χ4v) is 2.34. The van der Waals surface area contributed by atoms with E-state index in [1.807, 2.05) is 38.4 Å². The van der Waals surface area contributed by atoms with Crippen LogP contribution in [0.1, 0.15) is 15.9 Å². The van der Waals surface area contributed by atoms with E-state index < -0.39 is 0 Å². The van der Waals surface area contributed by atoms with E-state index in [2.05, 4.69) is 11.0 Å². The van der Waals surface area contributed by atoms with Gasteiger partial charge in [-0.25, -0.2) is 4.79 Å². The molecule has 0 N–H and O–H groups in total. The molecule has 0 aliphatic carbocycles. The Hall–Kier alpha value is -2.33. The third-order valence-electron chi connectivity index (χ3n) is 3.38. The lowest BCUT2D eigenvalue weighted by atomic mass is 10.0. The summed E-state index contributed by atoms with van der Waals surface area (Å²) in [6, 6.07) is 13.5. The fraction of sp³-hybridized carbons (Fsp3) is 0.278. The summed E-state index contributed by atoms with van der Waals surface area (Å²) in [5.41, 5.74) is 3.73. The lowest BCUT2D eigenvalue weighted by molar-refractivity contribution is 0.0601. The Morgan fingerprint density at radius 2 is 1.73 bits per heavy atom. The van der Waals surface area contributed by atoms with Crippen molar-refractivity contribution in [1.82, 2.24) is 4.90 Å². The zero-order valence-corrected chi connectivity index (χ0v) is 13.4. The maximum atomic E-state index is 11.5. The molecule has 0 aliphatic rings. The number of carbonyl (C=O) groups excluding carboxylic acids is 1. The highest BCUT2D eigenvalue weighted by atomic mass is 16.5. The number of hydrogen-bond donors (Lipinski definition) is 0. The van der Waals surface area contributed by atoms with Crippen LogP contribution in [0.2, 0.25) is 0 Å². The number of nitrogens with zero attached hydrogens (tertiary/aromatic N) is 1. The first-order valence-corrected chi connectivity index (χ1v) is 7.05. The Balaban J connectivity index is 2.33. The molecule has 0 saturated carbocycles. The topological polar surface area (TPSA) is 38.8 Å². The lowest BCUT2D eigenvalue weighted by Gasteiger charge is -2.14. The van der Waals surface area contributed by atoms with Crippen molar-refractivity contribution >= 4 is 5.97 Å². The van der Waals surface area contributed by atoms with Crippen molar-refractivity contribution in [3.63, 3.8) is 0 Å². The molecular formula is C18H21NO3. The van der Waals surface area contributed by atoms with Gasteiger partial charge in [-0.2, -0.15) is 0 Å². The van der Waals surface area contributed by atoms with Gasteiger partial charge in [0.25, 0.3) is 0 Å². The number of ether oxygens (including phenoxy) is 2. The van der Waals surface area contributed by atoms with Crippen molar-refractivity contribution in [1.29, 1.82) is 0 Å². The summed E-state index contributed by atoms with van der Waals surface area (Å²) < 4.78 is 10.2. The first-order chi connectivity index (χ1) is 10.5. The van der Waals surface area contributed by atoms with Crippen molar-refractivity contribution in [2.45, 2.75) is 6.54 Å². The molecule has 4 nitrogen and oxygen atoms in total. The van der Waals surface area contributed by atoms with E-state index in [9.17, 15) is 4.79 Å². The molecule has 0 saturated heterocycles. The van der Waals surface area contributed by atoms with E-state index in [4.69, 9.17) is 9.47 Å². The molecule has 0 aliphatic heterocycles. The van der Waals surface area contributed by atoms with Gasteiger partial charge < -0.3 is 14.4 Å². The summed E-state index contributed by atoms with van der Waals surface area (Å²) in [5, 5.41) is 0. The maximum absolute atomic E-state index is 11.5. The standard InChI is InChI=1S/C18H21NO3/c1-19(2)12-13-5-10-16(17(11-13)21-3)14-6-8-15(9-7-14)18(20)22-4/h5-11H,12H2,1-4H3. The van der Waals surface area contributed by atoms with Crippen LogP contribution in [0.4, 0.5) is 0 Å². The summed E-state index contributed by atoms with van der Waals surface area (Å²) >= 11 is 0. The molecule has 0 unspecified atom stereocenters. The van der Waals surface area contributed by atoms with Crippen LogP contribution in [0.5, 0.6) is 5.75 Å². The molecular weight excluding hydrogens is 278 g/mol. The number of benzene rings is 2. The van der Waals surface area contributed by atoms with Crippen LogP contribution in [0.25, 0.3) is 11.1 Å². The van der Waals surface area contributed by atoms with Crippen molar-refractivity contribution in [3.05, 3.63) is 53.6 Å². The predicted molar refractivity (Wildman–Crippen MR) is 87.2 cm³/mol. The summed E-state index contributed by atoms with van der Waals surface area (Å²) in [5.74, 6) is 0.491. The fourth-order valence-electron chi connectivity index (χ4n) is 2.34. The summed E-state index contributed by atoms with van der Waals surface area (Å²) in [6.07, 6.45) is 0. The normalized spacial score (nSPS) is 10.6. The molecule has 22 heavy (non-hydrogen) atoms. The van der Waals surface area contributed by atoms with Gasteiger partial charge in [-0.1, -0.05) is 24.3 Å². The van der Waals surface area contributed by atoms with Gasteiger partial charge in [-0.15, -0.1) is 0 Å². The van der Waals surface area contributed by atoms with Gasteiger partial charge >= 0.3 is 5.97 Å². The zero-order chi connectivity index (χ0) is 16.1. The second kappa shape index (κ2) is 7.09. The average Bonchev–Trinajstić information content (AvgIpc) is 2.53. The first kappa shape index (κ1) is 16.0. The van der Waals surface area contributed by atoms with Gasteiger partial charge in [0.1, 0.15) is 5.75 Å². The summed E-state index contributed by atoms with van der Waals surface area (Å²) in [7, 11) is 7.11. The number of methoxy groups -OCH3 is 2. The molecule has 0 heterocycles. The number of hydrogen-bond acceptors (Lipinski definition) is 4. The van der Waals surface area contributed by atoms with Crippen LogP contribution in [-0.4, -0.2) is 39.2 Å². The average molecular weight is 299 g/mol. The highest BCUT2D eigenvalue weighted by Crippen LogP contribution is 2.31. The largest absolute Gasteiger partial charge is 0.496 e. The Bertz CT molecular complexity index is 648. The van der Waals surface area contributed by atoms with Crippen LogP contribution < -0.4 is 4.74 Å². The van der Waals surface area contributed by atoms with Crippen LogP contribution in [0.15, 0.2) is 42.5 Å². The summed E-state index contributed by atoms with van der Waals surface area (Å²) in [4.78, 5) is 13.6. The highest BCUT2D eigenvalue weighted by molar-refractivity contribution is 5.90. The van der Waals surface area contributed by atoms with Crippen molar-refractivity contribution in [3.8, 4) is 16.9 Å². The number of carbonyl (C=O) groups is 1. The van der Waals surface area contributed by atoms with E-state index in [1.165, 1.54) is 12.7 Å². The van der Waals surface area contributed by atoms with Crippen LogP contribution in [-0.2, 0) is 11.3 Å². The van der Waals surface area contributed by atoms with Gasteiger partial charge in [-0.3, -0.25) is 0 Å². The molecule has 2 aromatic carbocycles. The molecule has 0 amide bonds. The van der Waals surface area contributed by atoms with E-state index in [1.54, 1.807) is 19.2 Å².